The van der Waals surface area contributed by atoms with E-state index in [4.69, 9.17) is 4.99 Å². The van der Waals surface area contributed by atoms with Crippen LogP contribution in [0.15, 0.2) is 29.3 Å². The molecule has 3 rings (SSSR count). The van der Waals surface area contributed by atoms with Crippen molar-refractivity contribution in [2.75, 3.05) is 19.6 Å². The molecule has 2 fully saturated rings. The average Bonchev–Trinajstić information content (AvgIpc) is 3.28. The number of likely N-dealkylation sites (tertiary alicyclic amines) is 1. The molecule has 0 aromatic heterocycles. The maximum absolute atomic E-state index is 12.4. The van der Waals surface area contributed by atoms with Crippen molar-refractivity contribution >= 4 is 40.0 Å². The summed E-state index contributed by atoms with van der Waals surface area (Å²) in [6.07, 6.45) is 6.65. The van der Waals surface area contributed by atoms with Gasteiger partial charge in [0.1, 0.15) is 0 Å². The topological polar surface area (TPSA) is 73.8 Å². The summed E-state index contributed by atoms with van der Waals surface area (Å²) in [7, 11) is -3.36. The van der Waals surface area contributed by atoms with Crippen LogP contribution in [-0.4, -0.2) is 45.0 Å². The van der Waals surface area contributed by atoms with E-state index in [1.165, 1.54) is 32.1 Å². The summed E-state index contributed by atoms with van der Waals surface area (Å²) in [6, 6.07) is 7.61. The zero-order valence-corrected chi connectivity index (χ0v) is 21.6. The van der Waals surface area contributed by atoms with E-state index < -0.39 is 10.0 Å². The molecule has 8 heteroatoms. The lowest BCUT2D eigenvalue weighted by atomic mass is 9.86. The van der Waals surface area contributed by atoms with E-state index in [9.17, 15) is 8.42 Å². The molecule has 0 atom stereocenters. The standard InChI is InChI=1S/C22H36N4O2S.HI/c1-4-23-21(26-14-13-22(17-26)11-7-8-12-22)24-15-19-9-5-6-10-20(19)16-29(27,28)25-18(2)3;/h5-6,9-10,18,25H,4,7-8,11-17H2,1-3H3,(H,23,24);1H. The second-order valence-electron chi connectivity index (χ2n) is 8.85. The van der Waals surface area contributed by atoms with Gasteiger partial charge in [0.05, 0.1) is 12.3 Å². The lowest BCUT2D eigenvalue weighted by molar-refractivity contribution is 0.309. The lowest BCUT2D eigenvalue weighted by Crippen LogP contribution is -2.41. The molecule has 1 heterocycles. The van der Waals surface area contributed by atoms with Crippen molar-refractivity contribution in [3.63, 3.8) is 0 Å². The Hall–Kier alpha value is -0.870. The number of nitrogens with zero attached hydrogens (tertiary/aromatic N) is 2. The third kappa shape index (κ3) is 6.82. The molecule has 1 spiro atoms. The van der Waals surface area contributed by atoms with Crippen LogP contribution in [0, 0.1) is 5.41 Å². The van der Waals surface area contributed by atoms with E-state index in [1.54, 1.807) is 0 Å². The van der Waals surface area contributed by atoms with Crippen molar-refractivity contribution in [2.24, 2.45) is 10.4 Å². The molecule has 2 N–H and O–H groups in total. The fourth-order valence-electron chi connectivity index (χ4n) is 4.69. The molecule has 1 saturated heterocycles. The minimum atomic E-state index is -3.36. The minimum absolute atomic E-state index is 0. The predicted molar refractivity (Wildman–Crippen MR) is 135 cm³/mol. The van der Waals surface area contributed by atoms with E-state index in [0.29, 0.717) is 12.0 Å². The van der Waals surface area contributed by atoms with E-state index in [2.05, 4.69) is 21.9 Å². The van der Waals surface area contributed by atoms with Crippen molar-refractivity contribution in [3.05, 3.63) is 35.4 Å². The monoisotopic (exact) mass is 548 g/mol. The number of hydrogen-bond acceptors (Lipinski definition) is 3. The highest BCUT2D eigenvalue weighted by molar-refractivity contribution is 14.0. The summed E-state index contributed by atoms with van der Waals surface area (Å²) in [5, 5.41) is 3.44. The molecule has 6 nitrogen and oxygen atoms in total. The lowest BCUT2D eigenvalue weighted by Gasteiger charge is -2.26. The van der Waals surface area contributed by atoms with Crippen LogP contribution in [0.4, 0.5) is 0 Å². The van der Waals surface area contributed by atoms with Gasteiger partial charge in [-0.3, -0.25) is 0 Å². The van der Waals surface area contributed by atoms with Crippen LogP contribution in [0.5, 0.6) is 0 Å². The van der Waals surface area contributed by atoms with Crippen LogP contribution >= 0.6 is 24.0 Å². The second-order valence-corrected chi connectivity index (χ2v) is 10.6. The molecule has 0 amide bonds. The number of hydrogen-bond donors (Lipinski definition) is 2. The highest BCUT2D eigenvalue weighted by atomic mass is 127. The van der Waals surface area contributed by atoms with E-state index in [-0.39, 0.29) is 35.8 Å². The molecular formula is C22H37IN4O2S. The Labute approximate surface area is 199 Å². The highest BCUT2D eigenvalue weighted by Gasteiger charge is 2.41. The molecule has 170 valence electrons. The van der Waals surface area contributed by atoms with Crippen LogP contribution < -0.4 is 10.0 Å². The molecule has 2 aliphatic rings. The van der Waals surface area contributed by atoms with Crippen molar-refractivity contribution in [3.8, 4) is 0 Å². The quantitative estimate of drug-likeness (QED) is 0.309. The van der Waals surface area contributed by atoms with Crippen LogP contribution in [0.3, 0.4) is 0 Å². The van der Waals surface area contributed by atoms with Gasteiger partial charge in [-0.1, -0.05) is 37.1 Å². The first-order valence-electron chi connectivity index (χ1n) is 10.9. The first-order valence-corrected chi connectivity index (χ1v) is 12.6. The van der Waals surface area contributed by atoms with Gasteiger partial charge < -0.3 is 10.2 Å². The van der Waals surface area contributed by atoms with Crippen LogP contribution in [0.25, 0.3) is 0 Å². The summed E-state index contributed by atoms with van der Waals surface area (Å²) in [5.74, 6) is 0.939. The van der Waals surface area contributed by atoms with Crippen LogP contribution in [0.2, 0.25) is 0 Å². The van der Waals surface area contributed by atoms with Gasteiger partial charge in [0.15, 0.2) is 5.96 Å². The number of rotatable bonds is 7. The van der Waals surface area contributed by atoms with Gasteiger partial charge in [-0.05, 0) is 56.6 Å². The number of benzene rings is 1. The number of aliphatic imine (C=N–C) groups is 1. The maximum atomic E-state index is 12.4. The Morgan fingerprint density at radius 3 is 2.47 bits per heavy atom. The third-order valence-corrected chi connectivity index (χ3v) is 7.54. The molecule has 1 saturated carbocycles. The summed E-state index contributed by atoms with van der Waals surface area (Å²) in [6.45, 7) is 9.23. The Morgan fingerprint density at radius 2 is 1.83 bits per heavy atom. The number of nitrogens with one attached hydrogen (secondary N) is 2. The Kier molecular flexibility index (Phi) is 9.42. The normalized spacial score (nSPS) is 18.8. The zero-order valence-electron chi connectivity index (χ0n) is 18.5. The predicted octanol–water partition coefficient (Wildman–Crippen LogP) is 3.86. The third-order valence-electron chi connectivity index (χ3n) is 6.02. The fourth-order valence-corrected chi connectivity index (χ4v) is 6.19. The number of guanidine groups is 1. The number of sulfonamides is 1. The summed E-state index contributed by atoms with van der Waals surface area (Å²) >= 11 is 0. The maximum Gasteiger partial charge on any atom is 0.216 e. The van der Waals surface area contributed by atoms with Gasteiger partial charge >= 0.3 is 0 Å². The van der Waals surface area contributed by atoms with Crippen molar-refractivity contribution in [1.29, 1.82) is 0 Å². The summed E-state index contributed by atoms with van der Waals surface area (Å²) < 4.78 is 27.4. The Bertz CT molecular complexity index is 820. The van der Waals surface area contributed by atoms with Gasteiger partial charge in [-0.25, -0.2) is 18.1 Å². The fraction of sp³-hybridized carbons (Fsp3) is 0.682. The van der Waals surface area contributed by atoms with Gasteiger partial charge in [0, 0.05) is 25.7 Å². The molecule has 0 unspecified atom stereocenters. The summed E-state index contributed by atoms with van der Waals surface area (Å²) in [5.41, 5.74) is 2.27. The van der Waals surface area contributed by atoms with E-state index in [1.807, 2.05) is 38.1 Å². The summed E-state index contributed by atoms with van der Waals surface area (Å²) in [4.78, 5) is 7.29. The molecule has 1 aliphatic heterocycles. The molecule has 30 heavy (non-hydrogen) atoms. The molecular weight excluding hydrogens is 511 g/mol. The smallest absolute Gasteiger partial charge is 0.216 e. The molecule has 0 radical (unpaired) electrons. The SMILES string of the molecule is CCNC(=NCc1ccccc1CS(=O)(=O)NC(C)C)N1CCC2(CCCC2)C1.I. The molecule has 1 aliphatic carbocycles. The molecule has 1 aromatic rings. The highest BCUT2D eigenvalue weighted by Crippen LogP contribution is 2.45. The van der Waals surface area contributed by atoms with Crippen LogP contribution in [-0.2, 0) is 22.3 Å². The van der Waals surface area contributed by atoms with Crippen molar-refractivity contribution < 1.29 is 8.42 Å². The minimum Gasteiger partial charge on any atom is -0.357 e. The first kappa shape index (κ1) is 25.4. The van der Waals surface area contributed by atoms with Gasteiger partial charge in [-0.2, -0.15) is 0 Å². The van der Waals surface area contributed by atoms with Gasteiger partial charge in [-0.15, -0.1) is 24.0 Å². The first-order chi connectivity index (χ1) is 13.8. The largest absolute Gasteiger partial charge is 0.357 e. The molecule has 0 bridgehead atoms. The van der Waals surface area contributed by atoms with Gasteiger partial charge in [0.25, 0.3) is 0 Å². The zero-order chi connectivity index (χ0) is 20.9. The number of halogens is 1. The van der Waals surface area contributed by atoms with Gasteiger partial charge in [0.2, 0.25) is 10.0 Å². The Balaban J connectivity index is 0.00000320. The average molecular weight is 549 g/mol. The van der Waals surface area contributed by atoms with Crippen molar-refractivity contribution in [1.82, 2.24) is 14.9 Å². The van der Waals surface area contributed by atoms with Crippen LogP contribution in [0.1, 0.15) is 64.0 Å². The van der Waals surface area contributed by atoms with E-state index in [0.717, 1.165) is 36.7 Å². The Morgan fingerprint density at radius 1 is 1.17 bits per heavy atom. The molecule has 1 aromatic carbocycles. The second kappa shape index (κ2) is 11.1. The van der Waals surface area contributed by atoms with Crippen molar-refractivity contribution in [2.45, 2.75) is 71.2 Å². The van der Waals surface area contributed by atoms with E-state index >= 15 is 0 Å².